The first-order chi connectivity index (χ1) is 12.4. The summed E-state index contributed by atoms with van der Waals surface area (Å²) in [4.78, 5) is 28.4. The smallest absolute Gasteiger partial charge is 0.344 e. The molecule has 134 valence electrons. The molecule has 0 radical (unpaired) electrons. The van der Waals surface area contributed by atoms with Crippen molar-refractivity contribution in [1.82, 2.24) is 9.38 Å². The van der Waals surface area contributed by atoms with Gasteiger partial charge in [0.05, 0.1) is 5.69 Å². The van der Waals surface area contributed by atoms with Crippen molar-refractivity contribution in [3.63, 3.8) is 0 Å². The average Bonchev–Trinajstić information content (AvgIpc) is 2.59. The fraction of sp³-hybridized carbons (Fsp3) is 0.211. The molecule has 0 saturated heterocycles. The number of rotatable bonds is 5. The number of nitrogens with zero attached hydrogens (tertiary/aromatic N) is 2. The molecule has 0 spiro atoms. The highest BCUT2D eigenvalue weighted by atomic mass is 35.5. The zero-order chi connectivity index (χ0) is 18.7. The molecule has 2 aromatic heterocycles. The van der Waals surface area contributed by atoms with Crippen LogP contribution in [0, 0.1) is 13.8 Å². The quantitative estimate of drug-likeness (QED) is 0.644. The Labute approximate surface area is 155 Å². The van der Waals surface area contributed by atoms with Crippen molar-refractivity contribution in [2.45, 2.75) is 20.5 Å². The van der Waals surface area contributed by atoms with Gasteiger partial charge in [0.25, 0.3) is 5.56 Å². The van der Waals surface area contributed by atoms with Gasteiger partial charge in [0.15, 0.2) is 6.61 Å². The molecular formula is C19H17ClN2O4. The van der Waals surface area contributed by atoms with Gasteiger partial charge in [-0.2, -0.15) is 0 Å². The standard InChI is InChI=1S/C19H17ClN2O4/c1-12-8-14(20)6-7-16(12)25-11-19(24)26-10-15-9-18(23)22-13(2)4-3-5-17(22)21-15/h3-9H,10-11H2,1-2H3. The number of benzene rings is 1. The average molecular weight is 373 g/mol. The van der Waals surface area contributed by atoms with Crippen molar-refractivity contribution < 1.29 is 14.3 Å². The van der Waals surface area contributed by atoms with Crippen molar-refractivity contribution in [3.8, 4) is 5.75 Å². The van der Waals surface area contributed by atoms with Crippen molar-refractivity contribution in [1.29, 1.82) is 0 Å². The van der Waals surface area contributed by atoms with E-state index in [0.29, 0.717) is 22.1 Å². The summed E-state index contributed by atoms with van der Waals surface area (Å²) in [5.74, 6) is 0.00879. The van der Waals surface area contributed by atoms with E-state index in [0.717, 1.165) is 11.3 Å². The van der Waals surface area contributed by atoms with Gasteiger partial charge in [0, 0.05) is 16.8 Å². The van der Waals surface area contributed by atoms with Crippen molar-refractivity contribution >= 4 is 23.2 Å². The fourth-order valence-electron chi connectivity index (χ4n) is 2.55. The van der Waals surface area contributed by atoms with Gasteiger partial charge in [0.1, 0.15) is 18.0 Å². The second-order valence-corrected chi connectivity index (χ2v) is 6.24. The summed E-state index contributed by atoms with van der Waals surface area (Å²) < 4.78 is 12.1. The molecule has 0 aliphatic heterocycles. The molecule has 3 rings (SSSR count). The lowest BCUT2D eigenvalue weighted by Crippen LogP contribution is -2.19. The van der Waals surface area contributed by atoms with E-state index in [2.05, 4.69) is 4.98 Å². The van der Waals surface area contributed by atoms with Crippen LogP contribution in [0.2, 0.25) is 5.02 Å². The van der Waals surface area contributed by atoms with Crippen LogP contribution in [0.4, 0.5) is 0 Å². The van der Waals surface area contributed by atoms with Gasteiger partial charge in [-0.05, 0) is 49.7 Å². The monoisotopic (exact) mass is 372 g/mol. The topological polar surface area (TPSA) is 69.9 Å². The molecule has 0 aliphatic rings. The van der Waals surface area contributed by atoms with Crippen LogP contribution in [-0.4, -0.2) is 22.0 Å². The highest BCUT2D eigenvalue weighted by molar-refractivity contribution is 6.30. The molecule has 26 heavy (non-hydrogen) atoms. The maximum atomic E-state index is 12.2. The molecule has 6 nitrogen and oxygen atoms in total. The number of hydrogen-bond donors (Lipinski definition) is 0. The Kier molecular flexibility index (Phi) is 5.23. The molecule has 0 bridgehead atoms. The van der Waals surface area contributed by atoms with Crippen LogP contribution in [0.1, 0.15) is 17.0 Å². The minimum atomic E-state index is -0.550. The van der Waals surface area contributed by atoms with Gasteiger partial charge in [-0.25, -0.2) is 9.78 Å². The molecule has 0 aliphatic carbocycles. The summed E-state index contributed by atoms with van der Waals surface area (Å²) in [6.07, 6.45) is 0. The predicted molar refractivity (Wildman–Crippen MR) is 97.7 cm³/mol. The van der Waals surface area contributed by atoms with Crippen LogP contribution in [-0.2, 0) is 16.1 Å². The number of carbonyl (C=O) groups is 1. The fourth-order valence-corrected chi connectivity index (χ4v) is 2.77. The first kappa shape index (κ1) is 17.9. The summed E-state index contributed by atoms with van der Waals surface area (Å²) in [5.41, 5.74) is 2.29. The molecule has 0 atom stereocenters. The van der Waals surface area contributed by atoms with Crippen LogP contribution in [0.15, 0.2) is 47.3 Å². The molecule has 1 aromatic carbocycles. The number of aromatic nitrogens is 2. The number of pyridine rings is 1. The third-order valence-electron chi connectivity index (χ3n) is 3.80. The lowest BCUT2D eigenvalue weighted by atomic mass is 10.2. The Balaban J connectivity index is 1.62. The third kappa shape index (κ3) is 4.03. The number of esters is 1. The van der Waals surface area contributed by atoms with Crippen LogP contribution >= 0.6 is 11.6 Å². The Morgan fingerprint density at radius 3 is 2.77 bits per heavy atom. The third-order valence-corrected chi connectivity index (χ3v) is 4.03. The second kappa shape index (κ2) is 7.58. The lowest BCUT2D eigenvalue weighted by molar-refractivity contribution is -0.147. The highest BCUT2D eigenvalue weighted by Crippen LogP contribution is 2.21. The molecule has 0 saturated carbocycles. The molecule has 0 amide bonds. The number of fused-ring (bicyclic) bond motifs is 1. The largest absolute Gasteiger partial charge is 0.482 e. The first-order valence-corrected chi connectivity index (χ1v) is 8.35. The molecule has 0 fully saturated rings. The van der Waals surface area contributed by atoms with Crippen molar-refractivity contribution in [2.75, 3.05) is 6.61 Å². The van der Waals surface area contributed by atoms with E-state index in [-0.39, 0.29) is 18.8 Å². The minimum Gasteiger partial charge on any atom is -0.482 e. The van der Waals surface area contributed by atoms with Gasteiger partial charge in [-0.1, -0.05) is 17.7 Å². The Morgan fingerprint density at radius 2 is 2.00 bits per heavy atom. The number of ether oxygens (including phenoxy) is 2. The van der Waals surface area contributed by atoms with E-state index < -0.39 is 5.97 Å². The zero-order valence-corrected chi connectivity index (χ0v) is 15.1. The van der Waals surface area contributed by atoms with Gasteiger partial charge in [-0.3, -0.25) is 9.20 Å². The number of aryl methyl sites for hydroxylation is 2. The summed E-state index contributed by atoms with van der Waals surface area (Å²) >= 11 is 5.88. The second-order valence-electron chi connectivity index (χ2n) is 5.81. The van der Waals surface area contributed by atoms with E-state index in [9.17, 15) is 9.59 Å². The van der Waals surface area contributed by atoms with Gasteiger partial charge < -0.3 is 9.47 Å². The minimum absolute atomic E-state index is 0.0958. The van der Waals surface area contributed by atoms with Gasteiger partial charge in [0.2, 0.25) is 0 Å². The summed E-state index contributed by atoms with van der Waals surface area (Å²) in [5, 5.41) is 0.598. The van der Waals surface area contributed by atoms with Gasteiger partial charge >= 0.3 is 5.97 Å². The van der Waals surface area contributed by atoms with Crippen LogP contribution in [0.25, 0.3) is 5.65 Å². The van der Waals surface area contributed by atoms with E-state index >= 15 is 0 Å². The Morgan fingerprint density at radius 1 is 1.19 bits per heavy atom. The summed E-state index contributed by atoms with van der Waals surface area (Å²) in [6, 6.07) is 11.9. The summed E-state index contributed by atoms with van der Waals surface area (Å²) in [7, 11) is 0. The van der Waals surface area contributed by atoms with E-state index in [1.54, 1.807) is 24.3 Å². The summed E-state index contributed by atoms with van der Waals surface area (Å²) in [6.45, 7) is 3.32. The lowest BCUT2D eigenvalue weighted by Gasteiger charge is -2.10. The molecule has 7 heteroatoms. The van der Waals surface area contributed by atoms with Crippen LogP contribution < -0.4 is 10.3 Å². The Bertz CT molecular complexity index is 1030. The Hall–Kier alpha value is -2.86. The van der Waals surface area contributed by atoms with Crippen LogP contribution in [0.3, 0.4) is 0 Å². The van der Waals surface area contributed by atoms with E-state index in [1.807, 2.05) is 26.0 Å². The number of carbonyl (C=O) groups excluding carboxylic acids is 1. The highest BCUT2D eigenvalue weighted by Gasteiger charge is 2.09. The SMILES string of the molecule is Cc1cc(Cl)ccc1OCC(=O)OCc1cc(=O)n2c(C)cccc2n1. The number of halogens is 1. The number of hydrogen-bond acceptors (Lipinski definition) is 5. The van der Waals surface area contributed by atoms with Crippen LogP contribution in [0.5, 0.6) is 5.75 Å². The molecule has 0 N–H and O–H groups in total. The maximum absolute atomic E-state index is 12.2. The zero-order valence-electron chi connectivity index (χ0n) is 14.4. The molecule has 3 aromatic rings. The van der Waals surface area contributed by atoms with E-state index in [4.69, 9.17) is 21.1 Å². The predicted octanol–water partition coefficient (Wildman–Crippen LogP) is 3.09. The molecule has 0 unspecified atom stereocenters. The molecule has 2 heterocycles. The normalized spacial score (nSPS) is 10.7. The van der Waals surface area contributed by atoms with Crippen molar-refractivity contribution in [3.05, 3.63) is 74.8 Å². The molecular weight excluding hydrogens is 356 g/mol. The van der Waals surface area contributed by atoms with Gasteiger partial charge in [-0.15, -0.1) is 0 Å². The van der Waals surface area contributed by atoms with Crippen molar-refractivity contribution in [2.24, 2.45) is 0 Å². The van der Waals surface area contributed by atoms with E-state index in [1.165, 1.54) is 10.5 Å². The maximum Gasteiger partial charge on any atom is 0.344 e. The first-order valence-electron chi connectivity index (χ1n) is 7.97.